The summed E-state index contributed by atoms with van der Waals surface area (Å²) in [7, 11) is -3.54. The van der Waals surface area contributed by atoms with Gasteiger partial charge < -0.3 is 10.6 Å². The normalized spacial score (nSPS) is 11.0. The molecule has 0 aromatic heterocycles. The number of anilines is 1. The lowest BCUT2D eigenvalue weighted by molar-refractivity contribution is 0.0956. The molecule has 0 radical (unpaired) electrons. The van der Waals surface area contributed by atoms with Crippen LogP contribution in [0, 0.1) is 0 Å². The molecule has 1 amide bonds. The SMILES string of the molecule is CCNc1ccc(C(=O)NCCS(N)(=O)=O)cc1. The van der Waals surface area contributed by atoms with Crippen molar-refractivity contribution < 1.29 is 13.2 Å². The Hall–Kier alpha value is -1.60. The van der Waals surface area contributed by atoms with Gasteiger partial charge in [-0.25, -0.2) is 13.6 Å². The Bertz CT molecular complexity index is 497. The number of hydrogen-bond acceptors (Lipinski definition) is 4. The van der Waals surface area contributed by atoms with Crippen LogP contribution in [-0.4, -0.2) is 33.2 Å². The molecule has 1 rings (SSSR count). The number of rotatable bonds is 6. The van der Waals surface area contributed by atoms with E-state index in [1.54, 1.807) is 24.3 Å². The van der Waals surface area contributed by atoms with Gasteiger partial charge in [0.1, 0.15) is 0 Å². The standard InChI is InChI=1S/C11H17N3O3S/c1-2-13-10-5-3-9(4-6-10)11(15)14-7-8-18(12,16)17/h3-6,13H,2,7-8H2,1H3,(H,14,15)(H2,12,16,17). The van der Waals surface area contributed by atoms with Gasteiger partial charge in [-0.2, -0.15) is 0 Å². The molecule has 0 bridgehead atoms. The largest absolute Gasteiger partial charge is 0.385 e. The highest BCUT2D eigenvalue weighted by Crippen LogP contribution is 2.08. The fourth-order valence-corrected chi connectivity index (χ4v) is 1.74. The minimum absolute atomic E-state index is 0.00658. The van der Waals surface area contributed by atoms with Crippen LogP contribution in [0.1, 0.15) is 17.3 Å². The maximum absolute atomic E-state index is 11.6. The average molecular weight is 271 g/mol. The minimum Gasteiger partial charge on any atom is -0.385 e. The first-order valence-corrected chi connectivity index (χ1v) is 7.26. The molecule has 0 atom stereocenters. The summed E-state index contributed by atoms with van der Waals surface area (Å²) in [6.07, 6.45) is 0. The molecule has 0 saturated carbocycles. The zero-order valence-electron chi connectivity index (χ0n) is 10.1. The van der Waals surface area contributed by atoms with Crippen molar-refractivity contribution in [1.29, 1.82) is 0 Å². The Morgan fingerprint density at radius 3 is 2.39 bits per heavy atom. The zero-order chi connectivity index (χ0) is 13.6. The van der Waals surface area contributed by atoms with E-state index < -0.39 is 10.0 Å². The molecule has 4 N–H and O–H groups in total. The third-order valence-corrected chi connectivity index (χ3v) is 2.97. The Kier molecular flexibility index (Phi) is 5.11. The fourth-order valence-electron chi connectivity index (χ4n) is 1.35. The smallest absolute Gasteiger partial charge is 0.251 e. The zero-order valence-corrected chi connectivity index (χ0v) is 11.0. The lowest BCUT2D eigenvalue weighted by Crippen LogP contribution is -2.31. The fraction of sp³-hybridized carbons (Fsp3) is 0.364. The van der Waals surface area contributed by atoms with Crippen LogP contribution in [0.5, 0.6) is 0 Å². The molecular formula is C11H17N3O3S. The van der Waals surface area contributed by atoms with Crippen LogP contribution in [0.4, 0.5) is 5.69 Å². The molecule has 0 unspecified atom stereocenters. The van der Waals surface area contributed by atoms with E-state index in [9.17, 15) is 13.2 Å². The maximum atomic E-state index is 11.6. The van der Waals surface area contributed by atoms with Crippen LogP contribution in [0.25, 0.3) is 0 Å². The Morgan fingerprint density at radius 1 is 1.28 bits per heavy atom. The number of hydrogen-bond donors (Lipinski definition) is 3. The summed E-state index contributed by atoms with van der Waals surface area (Å²) in [4.78, 5) is 11.6. The first-order chi connectivity index (χ1) is 8.42. The second-order valence-electron chi connectivity index (χ2n) is 3.73. The van der Waals surface area contributed by atoms with Crippen molar-refractivity contribution >= 4 is 21.6 Å². The van der Waals surface area contributed by atoms with Gasteiger partial charge in [0, 0.05) is 24.3 Å². The van der Waals surface area contributed by atoms with E-state index in [4.69, 9.17) is 5.14 Å². The van der Waals surface area contributed by atoms with Crippen LogP contribution >= 0.6 is 0 Å². The van der Waals surface area contributed by atoms with E-state index in [2.05, 4.69) is 10.6 Å². The number of primary sulfonamides is 1. The van der Waals surface area contributed by atoms with Crippen molar-refractivity contribution in [2.24, 2.45) is 5.14 Å². The second-order valence-corrected chi connectivity index (χ2v) is 5.46. The predicted molar refractivity (Wildman–Crippen MR) is 70.9 cm³/mol. The van der Waals surface area contributed by atoms with E-state index in [-0.39, 0.29) is 18.2 Å². The third-order valence-electron chi connectivity index (χ3n) is 2.20. The Labute approximate surface area is 107 Å². The summed E-state index contributed by atoms with van der Waals surface area (Å²) in [5, 5.41) is 10.4. The van der Waals surface area contributed by atoms with Crippen LogP contribution in [0.2, 0.25) is 0 Å². The minimum atomic E-state index is -3.54. The van der Waals surface area contributed by atoms with Crippen molar-refractivity contribution in [2.45, 2.75) is 6.92 Å². The highest BCUT2D eigenvalue weighted by atomic mass is 32.2. The molecule has 0 saturated heterocycles. The monoisotopic (exact) mass is 271 g/mol. The van der Waals surface area contributed by atoms with Gasteiger partial charge in [0.2, 0.25) is 10.0 Å². The second kappa shape index (κ2) is 6.36. The first-order valence-electron chi connectivity index (χ1n) is 5.55. The summed E-state index contributed by atoms with van der Waals surface area (Å²) in [5.74, 6) is -0.588. The van der Waals surface area contributed by atoms with E-state index in [0.29, 0.717) is 5.56 Å². The van der Waals surface area contributed by atoms with Gasteiger partial charge >= 0.3 is 0 Å². The first kappa shape index (κ1) is 14.5. The van der Waals surface area contributed by atoms with Crippen molar-refractivity contribution in [3.05, 3.63) is 29.8 Å². The molecular weight excluding hydrogens is 254 g/mol. The molecule has 6 nitrogen and oxygen atoms in total. The quantitative estimate of drug-likeness (QED) is 0.684. The van der Waals surface area contributed by atoms with Crippen LogP contribution in [-0.2, 0) is 10.0 Å². The predicted octanol–water partition coefficient (Wildman–Crippen LogP) is 0.137. The molecule has 100 valence electrons. The number of nitrogens with one attached hydrogen (secondary N) is 2. The average Bonchev–Trinajstić information content (AvgIpc) is 2.28. The lowest BCUT2D eigenvalue weighted by atomic mass is 10.2. The molecule has 0 aliphatic carbocycles. The van der Waals surface area contributed by atoms with Crippen molar-refractivity contribution in [2.75, 3.05) is 24.2 Å². The number of benzene rings is 1. The summed E-state index contributed by atoms with van der Waals surface area (Å²) in [6.45, 7) is 2.79. The maximum Gasteiger partial charge on any atom is 0.251 e. The highest BCUT2D eigenvalue weighted by Gasteiger charge is 2.07. The third kappa shape index (κ3) is 5.15. The van der Waals surface area contributed by atoms with Crippen LogP contribution < -0.4 is 15.8 Å². The van der Waals surface area contributed by atoms with Crippen molar-refractivity contribution in [1.82, 2.24) is 5.32 Å². The number of carbonyl (C=O) groups is 1. The van der Waals surface area contributed by atoms with Gasteiger partial charge in [-0.05, 0) is 31.2 Å². The van der Waals surface area contributed by atoms with E-state index in [0.717, 1.165) is 12.2 Å². The van der Waals surface area contributed by atoms with Gasteiger partial charge in [0.05, 0.1) is 5.75 Å². The molecule has 0 fully saturated rings. The number of carbonyl (C=O) groups excluding carboxylic acids is 1. The summed E-state index contributed by atoms with van der Waals surface area (Å²) in [6, 6.07) is 6.92. The summed E-state index contributed by atoms with van der Waals surface area (Å²) in [5.41, 5.74) is 1.41. The van der Waals surface area contributed by atoms with Gasteiger partial charge in [-0.1, -0.05) is 0 Å². The number of amides is 1. The van der Waals surface area contributed by atoms with Crippen molar-refractivity contribution in [3.8, 4) is 0 Å². The topological polar surface area (TPSA) is 101 Å². The van der Waals surface area contributed by atoms with E-state index in [1.165, 1.54) is 0 Å². The lowest BCUT2D eigenvalue weighted by Gasteiger charge is -2.06. The van der Waals surface area contributed by atoms with Gasteiger partial charge in [0.15, 0.2) is 0 Å². The Balaban J connectivity index is 2.51. The molecule has 1 aromatic carbocycles. The van der Waals surface area contributed by atoms with Gasteiger partial charge in [-0.3, -0.25) is 4.79 Å². The van der Waals surface area contributed by atoms with Gasteiger partial charge in [-0.15, -0.1) is 0 Å². The van der Waals surface area contributed by atoms with E-state index in [1.807, 2.05) is 6.92 Å². The molecule has 18 heavy (non-hydrogen) atoms. The van der Waals surface area contributed by atoms with Crippen LogP contribution in [0.15, 0.2) is 24.3 Å². The molecule has 0 aliphatic heterocycles. The van der Waals surface area contributed by atoms with Crippen LogP contribution in [0.3, 0.4) is 0 Å². The molecule has 1 aromatic rings. The summed E-state index contributed by atoms with van der Waals surface area (Å²) >= 11 is 0. The number of nitrogens with two attached hydrogens (primary N) is 1. The van der Waals surface area contributed by atoms with Gasteiger partial charge in [0.25, 0.3) is 5.91 Å². The molecule has 0 heterocycles. The number of sulfonamides is 1. The molecule has 0 aliphatic rings. The van der Waals surface area contributed by atoms with Crippen molar-refractivity contribution in [3.63, 3.8) is 0 Å². The molecule has 7 heteroatoms. The van der Waals surface area contributed by atoms with E-state index >= 15 is 0 Å². The molecule has 0 spiro atoms. The highest BCUT2D eigenvalue weighted by molar-refractivity contribution is 7.89. The Morgan fingerprint density at radius 2 is 1.89 bits per heavy atom. The summed E-state index contributed by atoms with van der Waals surface area (Å²) < 4.78 is 21.4.